The molecular formula is C9H10ClN3O2S. The van der Waals surface area contributed by atoms with E-state index in [-0.39, 0.29) is 11.2 Å². The van der Waals surface area contributed by atoms with Crippen LogP contribution in [0.3, 0.4) is 0 Å². The molecule has 0 amide bonds. The van der Waals surface area contributed by atoms with E-state index in [1.54, 1.807) is 11.6 Å². The zero-order valence-corrected chi connectivity index (χ0v) is 10.2. The molecule has 0 aliphatic rings. The van der Waals surface area contributed by atoms with E-state index in [4.69, 9.17) is 11.6 Å². The maximum Gasteiger partial charge on any atom is 0.351 e. The van der Waals surface area contributed by atoms with Crippen LogP contribution in [0.25, 0.3) is 4.96 Å². The Kier molecular flexibility index (Phi) is 3.11. The molecule has 0 aliphatic carbocycles. The minimum Gasteiger partial charge on any atom is -0.358 e. The van der Waals surface area contributed by atoms with Gasteiger partial charge in [-0.3, -0.25) is 0 Å². The highest BCUT2D eigenvalue weighted by atomic mass is 35.5. The second-order valence-electron chi connectivity index (χ2n) is 3.40. The van der Waals surface area contributed by atoms with Crippen LogP contribution in [0.5, 0.6) is 0 Å². The lowest BCUT2D eigenvalue weighted by atomic mass is 10.2. The Bertz CT molecular complexity index is 522. The largest absolute Gasteiger partial charge is 0.358 e. The van der Waals surface area contributed by atoms with Crippen LogP contribution in [0.4, 0.5) is 5.82 Å². The van der Waals surface area contributed by atoms with Crippen molar-refractivity contribution in [3.8, 4) is 0 Å². The number of aromatic nitrogens is 2. The zero-order chi connectivity index (χ0) is 11.7. The van der Waals surface area contributed by atoms with Crippen LogP contribution < -0.4 is 0 Å². The lowest BCUT2D eigenvalue weighted by molar-refractivity contribution is -0.391. The van der Waals surface area contributed by atoms with Crippen molar-refractivity contribution in [2.75, 3.05) is 0 Å². The third kappa shape index (κ3) is 1.90. The molecular weight excluding hydrogens is 250 g/mol. The fourth-order valence-electron chi connectivity index (χ4n) is 1.50. The molecule has 0 aromatic carbocycles. The Hall–Kier alpha value is -1.14. The lowest BCUT2D eigenvalue weighted by Gasteiger charge is -2.02. The highest BCUT2D eigenvalue weighted by Crippen LogP contribution is 2.26. The molecule has 0 aliphatic heterocycles. The average Bonchev–Trinajstić information content (AvgIpc) is 2.76. The molecule has 16 heavy (non-hydrogen) atoms. The Morgan fingerprint density at radius 3 is 3.12 bits per heavy atom. The highest BCUT2D eigenvalue weighted by molar-refractivity contribution is 7.15. The summed E-state index contributed by atoms with van der Waals surface area (Å²) in [5.74, 6) is 0.0374. The number of fused-ring (bicyclic) bond motifs is 1. The van der Waals surface area contributed by atoms with Crippen molar-refractivity contribution >= 4 is 33.7 Å². The van der Waals surface area contributed by atoms with Crippen LogP contribution in [0.15, 0.2) is 11.6 Å². The SMILES string of the molecule is CCC(Cl)Cc1nc2sccn2c1[N+](=O)[O-]. The zero-order valence-electron chi connectivity index (χ0n) is 8.59. The predicted octanol–water partition coefficient (Wildman–Crippen LogP) is 2.86. The van der Waals surface area contributed by atoms with Crippen LogP contribution in [-0.4, -0.2) is 19.7 Å². The van der Waals surface area contributed by atoms with Crippen molar-refractivity contribution in [3.05, 3.63) is 27.4 Å². The molecule has 2 aromatic heterocycles. The average molecular weight is 260 g/mol. The maximum atomic E-state index is 11.0. The van der Waals surface area contributed by atoms with Crippen molar-refractivity contribution in [1.82, 2.24) is 9.38 Å². The highest BCUT2D eigenvalue weighted by Gasteiger charge is 2.24. The fourth-order valence-corrected chi connectivity index (χ4v) is 2.38. The standard InChI is InChI=1S/C9H10ClN3O2S/c1-2-6(10)5-7-8(13(14)15)12-3-4-16-9(12)11-7/h3-4,6H,2,5H2,1H3. The summed E-state index contributed by atoms with van der Waals surface area (Å²) in [4.78, 5) is 15.4. The minimum absolute atomic E-state index is 0.0374. The summed E-state index contributed by atoms with van der Waals surface area (Å²) in [6.45, 7) is 1.95. The fraction of sp³-hybridized carbons (Fsp3) is 0.444. The van der Waals surface area contributed by atoms with Crippen LogP contribution in [0, 0.1) is 10.1 Å². The molecule has 1 unspecified atom stereocenters. The predicted molar refractivity (Wildman–Crippen MR) is 63.4 cm³/mol. The van der Waals surface area contributed by atoms with E-state index in [1.165, 1.54) is 15.7 Å². The number of halogens is 1. The van der Waals surface area contributed by atoms with Crippen molar-refractivity contribution in [1.29, 1.82) is 0 Å². The smallest absolute Gasteiger partial charge is 0.351 e. The first-order valence-electron chi connectivity index (χ1n) is 4.86. The van der Waals surface area contributed by atoms with Crippen molar-refractivity contribution < 1.29 is 4.92 Å². The summed E-state index contributed by atoms with van der Waals surface area (Å²) in [7, 11) is 0. The number of hydrogen-bond acceptors (Lipinski definition) is 4. The van der Waals surface area contributed by atoms with Gasteiger partial charge < -0.3 is 10.1 Å². The van der Waals surface area contributed by atoms with E-state index in [1.807, 2.05) is 6.92 Å². The monoisotopic (exact) mass is 259 g/mol. The first kappa shape index (κ1) is 11.3. The molecule has 0 spiro atoms. The second-order valence-corrected chi connectivity index (χ2v) is 4.89. The van der Waals surface area contributed by atoms with Gasteiger partial charge in [0.2, 0.25) is 0 Å². The van der Waals surface area contributed by atoms with E-state index in [0.717, 1.165) is 6.42 Å². The molecule has 0 N–H and O–H groups in total. The van der Waals surface area contributed by atoms with Gasteiger partial charge in [0.1, 0.15) is 11.9 Å². The van der Waals surface area contributed by atoms with Gasteiger partial charge >= 0.3 is 5.82 Å². The van der Waals surface area contributed by atoms with E-state index in [2.05, 4.69) is 4.98 Å². The van der Waals surface area contributed by atoms with Crippen molar-refractivity contribution in [2.45, 2.75) is 25.1 Å². The van der Waals surface area contributed by atoms with Gasteiger partial charge in [-0.05, 0) is 11.3 Å². The Labute approximate surface area is 101 Å². The first-order valence-corrected chi connectivity index (χ1v) is 6.18. The van der Waals surface area contributed by atoms with Crippen molar-refractivity contribution in [2.24, 2.45) is 0 Å². The third-order valence-electron chi connectivity index (χ3n) is 2.34. The summed E-state index contributed by atoms with van der Waals surface area (Å²) in [5, 5.41) is 12.6. The van der Waals surface area contributed by atoms with Crippen LogP contribution in [0.2, 0.25) is 0 Å². The van der Waals surface area contributed by atoms with Gasteiger partial charge in [-0.15, -0.1) is 11.6 Å². The van der Waals surface area contributed by atoms with Crippen LogP contribution >= 0.6 is 22.9 Å². The molecule has 0 saturated heterocycles. The molecule has 86 valence electrons. The van der Waals surface area contributed by atoms with E-state index < -0.39 is 4.92 Å². The van der Waals surface area contributed by atoms with E-state index in [0.29, 0.717) is 17.1 Å². The second kappa shape index (κ2) is 4.39. The Morgan fingerprint density at radius 2 is 2.50 bits per heavy atom. The van der Waals surface area contributed by atoms with Gasteiger partial charge in [0.25, 0.3) is 4.96 Å². The number of alkyl halides is 1. The molecule has 5 nitrogen and oxygen atoms in total. The Balaban J connectivity index is 2.47. The molecule has 0 saturated carbocycles. The van der Waals surface area contributed by atoms with Gasteiger partial charge in [-0.25, -0.2) is 0 Å². The van der Waals surface area contributed by atoms with E-state index >= 15 is 0 Å². The number of imidazole rings is 1. The van der Waals surface area contributed by atoms with Crippen LogP contribution in [-0.2, 0) is 6.42 Å². The number of nitrogens with zero attached hydrogens (tertiary/aromatic N) is 3. The molecule has 0 fully saturated rings. The van der Waals surface area contributed by atoms with Gasteiger partial charge in [-0.2, -0.15) is 9.38 Å². The van der Waals surface area contributed by atoms with Gasteiger partial charge in [-0.1, -0.05) is 18.3 Å². The Morgan fingerprint density at radius 1 is 1.75 bits per heavy atom. The van der Waals surface area contributed by atoms with Gasteiger partial charge in [0.15, 0.2) is 0 Å². The summed E-state index contributed by atoms with van der Waals surface area (Å²) < 4.78 is 1.50. The molecule has 1 atom stereocenters. The quantitative estimate of drug-likeness (QED) is 0.482. The minimum atomic E-state index is -0.401. The molecule has 0 radical (unpaired) electrons. The van der Waals surface area contributed by atoms with Crippen molar-refractivity contribution in [3.63, 3.8) is 0 Å². The van der Waals surface area contributed by atoms with E-state index in [9.17, 15) is 10.1 Å². The summed E-state index contributed by atoms with van der Waals surface area (Å²) in [5.41, 5.74) is 0.471. The number of nitro groups is 1. The molecule has 2 rings (SSSR count). The molecule has 2 heterocycles. The lowest BCUT2D eigenvalue weighted by Crippen LogP contribution is -2.05. The normalized spacial score (nSPS) is 13.1. The molecule has 7 heteroatoms. The number of thiazole rings is 1. The maximum absolute atomic E-state index is 11.0. The molecule has 0 bridgehead atoms. The summed E-state index contributed by atoms with van der Waals surface area (Å²) in [6.07, 6.45) is 2.86. The molecule has 2 aromatic rings. The van der Waals surface area contributed by atoms with Crippen LogP contribution in [0.1, 0.15) is 19.0 Å². The number of hydrogen-bond donors (Lipinski definition) is 0. The van der Waals surface area contributed by atoms with Gasteiger partial charge in [0, 0.05) is 17.2 Å². The first-order chi connectivity index (χ1) is 7.63. The van der Waals surface area contributed by atoms with Gasteiger partial charge in [0.05, 0.1) is 0 Å². The summed E-state index contributed by atoms with van der Waals surface area (Å²) in [6, 6.07) is 0. The summed E-state index contributed by atoms with van der Waals surface area (Å²) >= 11 is 7.38. The number of rotatable bonds is 4. The third-order valence-corrected chi connectivity index (χ3v) is 3.56. The topological polar surface area (TPSA) is 60.4 Å².